The lowest BCUT2D eigenvalue weighted by atomic mass is 10.2. The predicted octanol–water partition coefficient (Wildman–Crippen LogP) is 3.00. The second-order valence-electron chi connectivity index (χ2n) is 6.46. The number of nitrogens with one attached hydrogen (secondary N) is 1. The first kappa shape index (κ1) is 21.6. The van der Waals surface area contributed by atoms with E-state index >= 15 is 0 Å². The number of aryl methyl sites for hydroxylation is 2. The average Bonchev–Trinajstić information content (AvgIpc) is 3.24. The highest BCUT2D eigenvalue weighted by molar-refractivity contribution is 6.33. The van der Waals surface area contributed by atoms with Crippen molar-refractivity contribution in [1.29, 1.82) is 0 Å². The Hall–Kier alpha value is -3.10. The fraction of sp³-hybridized carbons (Fsp3) is 0.200. The van der Waals surface area contributed by atoms with Gasteiger partial charge in [0.05, 0.1) is 12.2 Å². The summed E-state index contributed by atoms with van der Waals surface area (Å²) in [6.45, 7) is 1.23. The van der Waals surface area contributed by atoms with Gasteiger partial charge >= 0.3 is 5.97 Å². The van der Waals surface area contributed by atoms with Crippen LogP contribution < -0.4 is 5.32 Å². The number of halogens is 2. The van der Waals surface area contributed by atoms with Gasteiger partial charge in [0.2, 0.25) is 0 Å². The number of carbonyl (C=O) groups is 3. The summed E-state index contributed by atoms with van der Waals surface area (Å²) in [7, 11) is 1.67. The van der Waals surface area contributed by atoms with Gasteiger partial charge in [-0.25, -0.2) is 9.48 Å². The molecule has 3 aromatic rings. The summed E-state index contributed by atoms with van der Waals surface area (Å²) in [6.07, 6.45) is 1.67. The molecule has 8 nitrogen and oxygen atoms in total. The van der Waals surface area contributed by atoms with Crippen molar-refractivity contribution in [2.45, 2.75) is 13.5 Å². The lowest BCUT2D eigenvalue weighted by Crippen LogP contribution is -2.35. The van der Waals surface area contributed by atoms with E-state index in [0.29, 0.717) is 16.4 Å². The second kappa shape index (κ2) is 9.15. The van der Waals surface area contributed by atoms with Crippen molar-refractivity contribution >= 4 is 41.0 Å². The quantitative estimate of drug-likeness (QED) is 0.584. The Morgan fingerprint density at radius 2 is 1.87 bits per heavy atom. The zero-order valence-corrected chi connectivity index (χ0v) is 17.7. The Morgan fingerprint density at radius 3 is 2.53 bits per heavy atom. The van der Waals surface area contributed by atoms with Crippen LogP contribution in [0.5, 0.6) is 0 Å². The third-order valence-corrected chi connectivity index (χ3v) is 5.06. The van der Waals surface area contributed by atoms with Gasteiger partial charge in [0, 0.05) is 18.3 Å². The van der Waals surface area contributed by atoms with Gasteiger partial charge in [0.15, 0.2) is 6.61 Å². The molecule has 2 amide bonds. The zero-order chi connectivity index (χ0) is 21.8. The maximum atomic E-state index is 12.4. The Morgan fingerprint density at radius 1 is 1.13 bits per heavy atom. The van der Waals surface area contributed by atoms with Crippen LogP contribution in [0, 0.1) is 6.92 Å². The molecule has 0 bridgehead atoms. The van der Waals surface area contributed by atoms with E-state index in [9.17, 15) is 14.4 Å². The molecule has 0 fully saturated rings. The van der Waals surface area contributed by atoms with E-state index in [4.69, 9.17) is 27.9 Å². The summed E-state index contributed by atoms with van der Waals surface area (Å²) in [6, 6.07) is 10.4. The van der Waals surface area contributed by atoms with Crippen LogP contribution in [0.1, 0.15) is 32.1 Å². The lowest BCUT2D eigenvalue weighted by Gasteiger charge is -2.07. The standard InChI is InChI=1S/C20H18Cl2N4O4/c1-12-17(18(22)26(24-12)10-13-6-3-4-7-14(13)21)20(29)30-11-16(27)23-19(28)15-8-5-9-25(15)2/h3-9H,10-11H2,1-2H3,(H,23,27,28). The van der Waals surface area contributed by atoms with Crippen molar-refractivity contribution in [1.82, 2.24) is 19.7 Å². The minimum absolute atomic E-state index is 0.0466. The molecule has 0 atom stereocenters. The Bertz CT molecular complexity index is 1120. The number of rotatable bonds is 6. The van der Waals surface area contributed by atoms with Crippen LogP contribution in [0.3, 0.4) is 0 Å². The molecule has 1 N–H and O–H groups in total. The Balaban J connectivity index is 1.63. The monoisotopic (exact) mass is 448 g/mol. The molecule has 30 heavy (non-hydrogen) atoms. The van der Waals surface area contributed by atoms with Gasteiger partial charge in [0.25, 0.3) is 11.8 Å². The van der Waals surface area contributed by atoms with Gasteiger partial charge in [-0.15, -0.1) is 0 Å². The summed E-state index contributed by atoms with van der Waals surface area (Å²) in [4.78, 5) is 36.4. The first-order valence-electron chi connectivity index (χ1n) is 8.87. The first-order chi connectivity index (χ1) is 14.3. The fourth-order valence-electron chi connectivity index (χ4n) is 2.80. The summed E-state index contributed by atoms with van der Waals surface area (Å²) in [5, 5.41) is 7.03. The molecule has 0 saturated heterocycles. The molecule has 10 heteroatoms. The van der Waals surface area contributed by atoms with Crippen LogP contribution in [0.15, 0.2) is 42.6 Å². The molecule has 3 rings (SSSR count). The molecule has 1 aromatic carbocycles. The van der Waals surface area contributed by atoms with Crippen LogP contribution in [0.2, 0.25) is 10.2 Å². The normalized spacial score (nSPS) is 10.7. The molecular weight excluding hydrogens is 431 g/mol. The Kier molecular flexibility index (Phi) is 6.59. The Labute approximate surface area is 182 Å². The molecule has 0 aliphatic carbocycles. The minimum Gasteiger partial charge on any atom is -0.452 e. The van der Waals surface area contributed by atoms with Crippen molar-refractivity contribution in [3.8, 4) is 0 Å². The van der Waals surface area contributed by atoms with E-state index in [2.05, 4.69) is 10.4 Å². The highest BCUT2D eigenvalue weighted by atomic mass is 35.5. The van der Waals surface area contributed by atoms with E-state index in [1.165, 1.54) is 4.68 Å². The minimum atomic E-state index is -0.815. The zero-order valence-electron chi connectivity index (χ0n) is 16.2. The van der Waals surface area contributed by atoms with E-state index in [-0.39, 0.29) is 17.3 Å². The molecule has 0 saturated carbocycles. The number of carbonyl (C=O) groups excluding carboxylic acids is 3. The molecule has 0 unspecified atom stereocenters. The highest BCUT2D eigenvalue weighted by Crippen LogP contribution is 2.24. The smallest absolute Gasteiger partial charge is 0.343 e. The van der Waals surface area contributed by atoms with E-state index in [0.717, 1.165) is 5.56 Å². The van der Waals surface area contributed by atoms with Gasteiger partial charge in [0.1, 0.15) is 16.4 Å². The molecule has 0 radical (unpaired) electrons. The largest absolute Gasteiger partial charge is 0.452 e. The number of benzene rings is 1. The third-order valence-electron chi connectivity index (χ3n) is 4.31. The van der Waals surface area contributed by atoms with Gasteiger partial charge in [-0.3, -0.25) is 14.9 Å². The van der Waals surface area contributed by atoms with E-state index < -0.39 is 24.4 Å². The number of ether oxygens (including phenoxy) is 1. The molecule has 0 aliphatic rings. The molecule has 0 spiro atoms. The summed E-state index contributed by atoms with van der Waals surface area (Å²) in [5.74, 6) is -2.17. The summed E-state index contributed by atoms with van der Waals surface area (Å²) in [5.41, 5.74) is 1.47. The first-order valence-corrected chi connectivity index (χ1v) is 9.62. The summed E-state index contributed by atoms with van der Waals surface area (Å²) >= 11 is 12.5. The topological polar surface area (TPSA) is 95.2 Å². The molecule has 2 aromatic heterocycles. The van der Waals surface area contributed by atoms with Crippen molar-refractivity contribution in [3.63, 3.8) is 0 Å². The lowest BCUT2D eigenvalue weighted by molar-refractivity contribution is -0.123. The number of esters is 1. The van der Waals surface area contributed by atoms with Gasteiger partial charge in [-0.2, -0.15) is 5.10 Å². The highest BCUT2D eigenvalue weighted by Gasteiger charge is 2.23. The van der Waals surface area contributed by atoms with Gasteiger partial charge < -0.3 is 9.30 Å². The SMILES string of the molecule is Cc1nn(Cc2ccccc2Cl)c(Cl)c1C(=O)OCC(=O)NC(=O)c1cccn1C. The van der Waals surface area contributed by atoms with Crippen LogP contribution in [-0.2, 0) is 23.1 Å². The molecule has 2 heterocycles. The van der Waals surface area contributed by atoms with Crippen molar-refractivity contribution in [3.05, 3.63) is 75.3 Å². The van der Waals surface area contributed by atoms with E-state index in [1.807, 2.05) is 12.1 Å². The second-order valence-corrected chi connectivity index (χ2v) is 7.22. The van der Waals surface area contributed by atoms with Crippen molar-refractivity contribution in [2.75, 3.05) is 6.61 Å². The van der Waals surface area contributed by atoms with Crippen LogP contribution in [-0.4, -0.2) is 38.7 Å². The molecule has 0 aliphatic heterocycles. The van der Waals surface area contributed by atoms with Gasteiger partial charge in [-0.1, -0.05) is 41.4 Å². The maximum absolute atomic E-state index is 12.4. The summed E-state index contributed by atoms with van der Waals surface area (Å²) < 4.78 is 8.00. The number of imide groups is 1. The predicted molar refractivity (Wildman–Crippen MR) is 111 cm³/mol. The number of amides is 2. The van der Waals surface area contributed by atoms with Crippen LogP contribution in [0.4, 0.5) is 0 Å². The molecule has 156 valence electrons. The fourth-order valence-corrected chi connectivity index (χ4v) is 3.31. The van der Waals surface area contributed by atoms with Crippen LogP contribution in [0.25, 0.3) is 0 Å². The van der Waals surface area contributed by atoms with Crippen LogP contribution >= 0.6 is 23.2 Å². The van der Waals surface area contributed by atoms with Crippen molar-refractivity contribution in [2.24, 2.45) is 7.05 Å². The number of nitrogens with zero attached hydrogens (tertiary/aromatic N) is 3. The number of aromatic nitrogens is 3. The number of hydrogen-bond donors (Lipinski definition) is 1. The number of hydrogen-bond acceptors (Lipinski definition) is 5. The molecular formula is C20H18Cl2N4O4. The average molecular weight is 449 g/mol. The van der Waals surface area contributed by atoms with E-state index in [1.54, 1.807) is 49.0 Å². The van der Waals surface area contributed by atoms with Gasteiger partial charge in [-0.05, 0) is 30.7 Å². The van der Waals surface area contributed by atoms with Crippen molar-refractivity contribution < 1.29 is 19.1 Å². The maximum Gasteiger partial charge on any atom is 0.343 e. The third kappa shape index (κ3) is 4.72.